The van der Waals surface area contributed by atoms with Gasteiger partial charge in [0.05, 0.1) is 38.2 Å². The van der Waals surface area contributed by atoms with E-state index in [0.29, 0.717) is 11.4 Å². The van der Waals surface area contributed by atoms with Crippen LogP contribution >= 0.6 is 11.3 Å². The van der Waals surface area contributed by atoms with Crippen molar-refractivity contribution in [3.8, 4) is 34.4 Å². The molecule has 0 spiro atoms. The van der Waals surface area contributed by atoms with Crippen molar-refractivity contribution in [2.45, 2.75) is 52.4 Å². The minimum atomic E-state index is 0.0117. The van der Waals surface area contributed by atoms with E-state index in [4.69, 9.17) is 9.97 Å². The molecule has 0 aliphatic heterocycles. The highest BCUT2D eigenvalue weighted by Gasteiger charge is 2.23. The molecule has 0 N–H and O–H groups in total. The van der Waals surface area contributed by atoms with E-state index < -0.39 is 0 Å². The van der Waals surface area contributed by atoms with Crippen LogP contribution in [0.1, 0.15) is 58.2 Å². The van der Waals surface area contributed by atoms with Crippen molar-refractivity contribution in [1.29, 1.82) is 5.26 Å². The molecule has 8 aromatic rings. The number of fused-ring (bicyclic) bond motifs is 6. The van der Waals surface area contributed by atoms with Gasteiger partial charge in [0.2, 0.25) is 0 Å². The summed E-state index contributed by atoms with van der Waals surface area (Å²) in [6.45, 7) is 13.5. The highest BCUT2D eigenvalue weighted by molar-refractivity contribution is 7.26. The van der Waals surface area contributed by atoms with Crippen molar-refractivity contribution < 1.29 is 0 Å². The van der Waals surface area contributed by atoms with Gasteiger partial charge >= 0.3 is 0 Å². The number of hydrogen-bond donors (Lipinski definition) is 0. The van der Waals surface area contributed by atoms with Gasteiger partial charge in [-0.05, 0) is 64.4 Å². The van der Waals surface area contributed by atoms with Gasteiger partial charge in [0.25, 0.3) is 0 Å². The van der Waals surface area contributed by atoms with Crippen LogP contribution in [0.3, 0.4) is 0 Å². The summed E-state index contributed by atoms with van der Waals surface area (Å²) >= 11 is 1.70. The topological polar surface area (TPSA) is 54.5 Å². The fourth-order valence-electron chi connectivity index (χ4n) is 6.69. The predicted molar refractivity (Wildman–Crippen MR) is 202 cm³/mol. The van der Waals surface area contributed by atoms with Gasteiger partial charge in [-0.1, -0.05) is 108 Å². The summed E-state index contributed by atoms with van der Waals surface area (Å²) in [4.78, 5) is 10.2. The molecule has 3 aromatic heterocycles. The lowest BCUT2D eigenvalue weighted by Crippen LogP contribution is -2.10. The number of nitriles is 1. The Bertz CT molecular complexity index is 2510. The van der Waals surface area contributed by atoms with Crippen LogP contribution in [-0.2, 0) is 10.8 Å². The van der Waals surface area contributed by atoms with Crippen LogP contribution in [0, 0.1) is 11.3 Å². The average Bonchev–Trinajstić information content (AvgIpc) is 3.62. The summed E-state index contributed by atoms with van der Waals surface area (Å²) in [6, 6.07) is 40.8. The molecule has 234 valence electrons. The molecule has 0 saturated heterocycles. The number of benzene rings is 5. The van der Waals surface area contributed by atoms with E-state index in [9.17, 15) is 5.26 Å². The van der Waals surface area contributed by atoms with Crippen molar-refractivity contribution in [1.82, 2.24) is 14.5 Å². The Balaban J connectivity index is 1.38. The molecule has 0 unspecified atom stereocenters. The molecule has 0 atom stereocenters. The van der Waals surface area contributed by atoms with Crippen LogP contribution in [0.25, 0.3) is 70.4 Å². The monoisotopic (exact) mass is 640 g/mol. The van der Waals surface area contributed by atoms with E-state index in [1.807, 2.05) is 36.4 Å². The molecular formula is C43H36N4S. The molecule has 48 heavy (non-hydrogen) atoms. The van der Waals surface area contributed by atoms with Gasteiger partial charge < -0.3 is 4.57 Å². The second-order valence-electron chi connectivity index (χ2n) is 14.7. The van der Waals surface area contributed by atoms with E-state index in [1.165, 1.54) is 26.6 Å². The molecular weight excluding hydrogens is 605 g/mol. The Morgan fingerprint density at radius 2 is 1.25 bits per heavy atom. The molecule has 0 radical (unpaired) electrons. The molecule has 5 heteroatoms. The normalized spacial score (nSPS) is 12.4. The molecule has 0 amide bonds. The zero-order valence-electron chi connectivity index (χ0n) is 28.1. The van der Waals surface area contributed by atoms with E-state index in [2.05, 4.69) is 125 Å². The Labute approximate surface area is 285 Å². The molecule has 0 saturated carbocycles. The van der Waals surface area contributed by atoms with Crippen molar-refractivity contribution in [3.05, 3.63) is 126 Å². The van der Waals surface area contributed by atoms with Gasteiger partial charge in [-0.25, -0.2) is 9.97 Å². The van der Waals surface area contributed by atoms with E-state index >= 15 is 0 Å². The van der Waals surface area contributed by atoms with Crippen molar-refractivity contribution in [2.75, 3.05) is 0 Å². The fraction of sp³-hybridized carbons (Fsp3) is 0.186. The molecule has 5 aromatic carbocycles. The molecule has 8 rings (SSSR count). The SMILES string of the molecule is CC(C)(C)c1ccc2c(c1)c1cc(C(C)(C)C)ccc1n2-c1ccc(-c2nc(-c3ccccc3)nc3c2sc2ccccc23)cc1C#N. The Hall–Kier alpha value is -5.31. The molecule has 0 bridgehead atoms. The summed E-state index contributed by atoms with van der Waals surface area (Å²) < 4.78 is 4.45. The van der Waals surface area contributed by atoms with Crippen LogP contribution in [-0.4, -0.2) is 14.5 Å². The number of hydrogen-bond acceptors (Lipinski definition) is 4. The van der Waals surface area contributed by atoms with Crippen LogP contribution in [0.4, 0.5) is 0 Å². The highest BCUT2D eigenvalue weighted by Crippen LogP contribution is 2.42. The van der Waals surface area contributed by atoms with Crippen molar-refractivity contribution in [2.24, 2.45) is 0 Å². The third-order valence-corrected chi connectivity index (χ3v) is 10.5. The fourth-order valence-corrected chi connectivity index (χ4v) is 7.84. The number of nitrogens with zero attached hydrogens (tertiary/aromatic N) is 4. The molecule has 0 aliphatic carbocycles. The van der Waals surface area contributed by atoms with Crippen LogP contribution < -0.4 is 0 Å². The average molecular weight is 641 g/mol. The third-order valence-electron chi connectivity index (χ3n) is 9.38. The smallest absolute Gasteiger partial charge is 0.160 e. The summed E-state index contributed by atoms with van der Waals surface area (Å²) in [6.07, 6.45) is 0. The van der Waals surface area contributed by atoms with Gasteiger partial charge in [0.1, 0.15) is 6.07 Å². The molecule has 0 fully saturated rings. The van der Waals surface area contributed by atoms with Gasteiger partial charge in [-0.3, -0.25) is 0 Å². The van der Waals surface area contributed by atoms with Gasteiger partial charge in [-0.2, -0.15) is 5.26 Å². The van der Waals surface area contributed by atoms with Gasteiger partial charge in [0.15, 0.2) is 5.82 Å². The van der Waals surface area contributed by atoms with E-state index in [1.54, 1.807) is 11.3 Å². The summed E-state index contributed by atoms with van der Waals surface area (Å²) in [5, 5.41) is 14.2. The predicted octanol–water partition coefficient (Wildman–Crippen LogP) is 11.7. The third kappa shape index (κ3) is 4.87. The van der Waals surface area contributed by atoms with E-state index in [-0.39, 0.29) is 10.8 Å². The summed E-state index contributed by atoms with van der Waals surface area (Å²) in [5.41, 5.74) is 9.88. The minimum Gasteiger partial charge on any atom is -0.308 e. The zero-order chi connectivity index (χ0) is 33.4. The second kappa shape index (κ2) is 10.9. The largest absolute Gasteiger partial charge is 0.308 e. The first-order valence-electron chi connectivity index (χ1n) is 16.4. The van der Waals surface area contributed by atoms with Crippen LogP contribution in [0.15, 0.2) is 109 Å². The summed E-state index contributed by atoms with van der Waals surface area (Å²) in [7, 11) is 0. The lowest BCUT2D eigenvalue weighted by Gasteiger charge is -2.19. The van der Waals surface area contributed by atoms with Gasteiger partial charge in [-0.15, -0.1) is 11.3 Å². The lowest BCUT2D eigenvalue weighted by atomic mass is 9.85. The number of thiophene rings is 1. The van der Waals surface area contributed by atoms with Gasteiger partial charge in [0, 0.05) is 32.0 Å². The Kier molecular flexibility index (Phi) is 6.80. The maximum atomic E-state index is 10.7. The quantitative estimate of drug-likeness (QED) is 0.193. The highest BCUT2D eigenvalue weighted by atomic mass is 32.1. The number of aromatic nitrogens is 3. The minimum absolute atomic E-state index is 0.0117. The first-order valence-corrected chi connectivity index (χ1v) is 17.2. The van der Waals surface area contributed by atoms with E-state index in [0.717, 1.165) is 49.1 Å². The summed E-state index contributed by atoms with van der Waals surface area (Å²) in [5.74, 6) is 0.677. The standard InChI is InChI=1S/C43H36N4S/c1-42(2,3)29-17-20-35-32(23-29)33-24-30(43(4,5)6)18-21-36(33)47(35)34-19-16-27(22-28(34)25-44)38-40-39(31-14-10-11-15-37(31)48-40)46-41(45-38)26-12-8-7-9-13-26/h7-24H,1-6H3. The molecule has 0 aliphatic rings. The Morgan fingerprint density at radius 1 is 0.625 bits per heavy atom. The second-order valence-corrected chi connectivity index (χ2v) is 15.7. The molecule has 4 nitrogen and oxygen atoms in total. The number of rotatable bonds is 3. The lowest BCUT2D eigenvalue weighted by molar-refractivity contribution is 0.590. The van der Waals surface area contributed by atoms with Crippen molar-refractivity contribution >= 4 is 53.4 Å². The molecule has 3 heterocycles. The Morgan fingerprint density at radius 3 is 1.88 bits per heavy atom. The zero-order valence-corrected chi connectivity index (χ0v) is 28.9. The van der Waals surface area contributed by atoms with Crippen LogP contribution in [0.5, 0.6) is 0 Å². The van der Waals surface area contributed by atoms with Crippen LogP contribution in [0.2, 0.25) is 0 Å². The first-order chi connectivity index (χ1) is 23.0. The van der Waals surface area contributed by atoms with Crippen molar-refractivity contribution in [3.63, 3.8) is 0 Å². The first kappa shape index (κ1) is 30.1. The maximum absolute atomic E-state index is 10.7. The maximum Gasteiger partial charge on any atom is 0.160 e.